The Bertz CT molecular complexity index is 676. The number of nitrogens with one attached hydrogen (secondary N) is 1. The second-order valence-corrected chi connectivity index (χ2v) is 6.24. The summed E-state index contributed by atoms with van der Waals surface area (Å²) in [6.07, 6.45) is 6.52. The van der Waals surface area contributed by atoms with Crippen molar-refractivity contribution in [2.24, 2.45) is 5.41 Å². The highest BCUT2D eigenvalue weighted by molar-refractivity contribution is 6.06. The van der Waals surface area contributed by atoms with E-state index in [0.29, 0.717) is 5.41 Å². The highest BCUT2D eigenvalue weighted by Gasteiger charge is 2.28. The van der Waals surface area contributed by atoms with Gasteiger partial charge in [0.15, 0.2) is 0 Å². The van der Waals surface area contributed by atoms with Crippen LogP contribution in [0.4, 0.5) is 5.82 Å². The highest BCUT2D eigenvalue weighted by atomic mass is 16.4. The molecule has 3 rings (SSSR count). The summed E-state index contributed by atoms with van der Waals surface area (Å²) in [5, 5.41) is 14.3. The molecule has 1 fully saturated rings. The van der Waals surface area contributed by atoms with E-state index < -0.39 is 5.97 Å². The third-order valence-corrected chi connectivity index (χ3v) is 4.52. The second kappa shape index (κ2) is 5.35. The quantitative estimate of drug-likeness (QED) is 0.893. The summed E-state index contributed by atoms with van der Waals surface area (Å²) in [6.45, 7) is 3.19. The minimum atomic E-state index is -0.937. The smallest absolute Gasteiger partial charge is 0.337 e. The Morgan fingerprint density at radius 3 is 2.62 bits per heavy atom. The summed E-state index contributed by atoms with van der Waals surface area (Å²) in [7, 11) is 0. The van der Waals surface area contributed by atoms with E-state index in [9.17, 15) is 9.90 Å². The first-order valence-electron chi connectivity index (χ1n) is 7.44. The number of pyridine rings is 1. The van der Waals surface area contributed by atoms with E-state index in [-0.39, 0.29) is 5.56 Å². The number of hydrogen-bond acceptors (Lipinski definition) is 3. The van der Waals surface area contributed by atoms with Crippen LogP contribution in [0.2, 0.25) is 0 Å². The normalized spacial score (nSPS) is 17.0. The number of aromatic nitrogens is 1. The van der Waals surface area contributed by atoms with E-state index in [2.05, 4.69) is 17.2 Å². The molecule has 4 heteroatoms. The molecular formula is C17H20N2O2. The van der Waals surface area contributed by atoms with Crippen LogP contribution in [-0.4, -0.2) is 22.6 Å². The molecule has 1 aliphatic carbocycles. The molecule has 1 heterocycles. The third kappa shape index (κ3) is 2.71. The van der Waals surface area contributed by atoms with E-state index in [0.717, 1.165) is 23.1 Å². The lowest BCUT2D eigenvalue weighted by molar-refractivity contribution is 0.0698. The SMILES string of the molecule is CC1(CNc2ncc(C(=O)O)c3ccccc23)CCCC1. The summed E-state index contributed by atoms with van der Waals surface area (Å²) in [4.78, 5) is 15.6. The number of fused-ring (bicyclic) bond motifs is 1. The molecule has 110 valence electrons. The maximum absolute atomic E-state index is 11.3. The van der Waals surface area contributed by atoms with Crippen LogP contribution >= 0.6 is 0 Å². The fourth-order valence-corrected chi connectivity index (χ4v) is 3.21. The second-order valence-electron chi connectivity index (χ2n) is 6.24. The summed E-state index contributed by atoms with van der Waals surface area (Å²) in [5.41, 5.74) is 0.581. The van der Waals surface area contributed by atoms with Gasteiger partial charge in [0.1, 0.15) is 5.82 Å². The molecule has 1 aromatic carbocycles. The van der Waals surface area contributed by atoms with Gasteiger partial charge in [-0.2, -0.15) is 0 Å². The van der Waals surface area contributed by atoms with E-state index in [1.807, 2.05) is 24.3 Å². The van der Waals surface area contributed by atoms with E-state index in [4.69, 9.17) is 0 Å². The largest absolute Gasteiger partial charge is 0.478 e. The van der Waals surface area contributed by atoms with Gasteiger partial charge in [0.05, 0.1) is 5.56 Å². The number of carbonyl (C=O) groups is 1. The number of nitrogens with zero attached hydrogens (tertiary/aromatic N) is 1. The van der Waals surface area contributed by atoms with E-state index >= 15 is 0 Å². The van der Waals surface area contributed by atoms with Crippen molar-refractivity contribution in [1.82, 2.24) is 4.98 Å². The number of hydrogen-bond donors (Lipinski definition) is 2. The van der Waals surface area contributed by atoms with Gasteiger partial charge in [0.25, 0.3) is 0 Å². The van der Waals surface area contributed by atoms with Crippen molar-refractivity contribution >= 4 is 22.6 Å². The first-order valence-corrected chi connectivity index (χ1v) is 7.44. The number of benzene rings is 1. The topological polar surface area (TPSA) is 62.2 Å². The Morgan fingerprint density at radius 2 is 1.95 bits per heavy atom. The average Bonchev–Trinajstić information content (AvgIpc) is 2.91. The van der Waals surface area contributed by atoms with E-state index in [1.54, 1.807) is 0 Å². The standard InChI is InChI=1S/C17H20N2O2/c1-17(8-4-5-9-17)11-19-15-13-7-3-2-6-12(13)14(10-18-15)16(20)21/h2-3,6-7,10H,4-5,8-9,11H2,1H3,(H,18,19)(H,20,21). The molecule has 0 atom stereocenters. The molecule has 2 N–H and O–H groups in total. The van der Waals surface area contributed by atoms with Crippen molar-refractivity contribution < 1.29 is 9.90 Å². The summed E-state index contributed by atoms with van der Waals surface area (Å²) < 4.78 is 0. The van der Waals surface area contributed by atoms with Crippen molar-refractivity contribution in [3.05, 3.63) is 36.0 Å². The van der Waals surface area contributed by atoms with E-state index in [1.165, 1.54) is 31.9 Å². The van der Waals surface area contributed by atoms with Gasteiger partial charge >= 0.3 is 5.97 Å². The molecule has 4 nitrogen and oxygen atoms in total. The maximum atomic E-state index is 11.3. The monoisotopic (exact) mass is 284 g/mol. The number of carboxylic acid groups (broad SMARTS) is 1. The Hall–Kier alpha value is -2.10. The van der Waals surface area contributed by atoms with Gasteiger partial charge in [0.2, 0.25) is 0 Å². The zero-order valence-corrected chi connectivity index (χ0v) is 12.2. The summed E-state index contributed by atoms with van der Waals surface area (Å²) >= 11 is 0. The number of aromatic carboxylic acids is 1. The van der Waals surface area contributed by atoms with Crippen molar-refractivity contribution in [2.75, 3.05) is 11.9 Å². The molecule has 0 unspecified atom stereocenters. The van der Waals surface area contributed by atoms with Crippen molar-refractivity contribution in [3.8, 4) is 0 Å². The Balaban J connectivity index is 1.92. The molecule has 0 radical (unpaired) electrons. The van der Waals surface area contributed by atoms with Crippen LogP contribution in [0, 0.1) is 5.41 Å². The molecular weight excluding hydrogens is 264 g/mol. The van der Waals surface area contributed by atoms with Gasteiger partial charge in [-0.25, -0.2) is 9.78 Å². The first kappa shape index (κ1) is 13.9. The summed E-state index contributed by atoms with van der Waals surface area (Å²) in [5.74, 6) is -0.156. The van der Waals surface area contributed by atoms with Gasteiger partial charge in [-0.3, -0.25) is 0 Å². The number of rotatable bonds is 4. The third-order valence-electron chi connectivity index (χ3n) is 4.52. The lowest BCUT2D eigenvalue weighted by Crippen LogP contribution is -2.23. The van der Waals surface area contributed by atoms with Crippen LogP contribution in [-0.2, 0) is 0 Å². The zero-order valence-electron chi connectivity index (χ0n) is 12.2. The number of anilines is 1. The van der Waals surface area contributed by atoms with Crippen molar-refractivity contribution in [3.63, 3.8) is 0 Å². The molecule has 0 saturated heterocycles. The predicted molar refractivity (Wildman–Crippen MR) is 83.8 cm³/mol. The molecule has 0 spiro atoms. The molecule has 0 amide bonds. The highest BCUT2D eigenvalue weighted by Crippen LogP contribution is 2.37. The minimum Gasteiger partial charge on any atom is -0.478 e. The first-order chi connectivity index (χ1) is 10.1. The lowest BCUT2D eigenvalue weighted by Gasteiger charge is -2.24. The number of carboxylic acids is 1. The molecule has 0 bridgehead atoms. The summed E-state index contributed by atoms with van der Waals surface area (Å²) in [6, 6.07) is 7.53. The Kier molecular flexibility index (Phi) is 3.53. The van der Waals surface area contributed by atoms with Crippen molar-refractivity contribution in [1.29, 1.82) is 0 Å². The molecule has 1 saturated carbocycles. The van der Waals surface area contributed by atoms with Crippen LogP contribution < -0.4 is 5.32 Å². The molecule has 2 aromatic rings. The zero-order chi connectivity index (χ0) is 14.9. The van der Waals surface area contributed by atoms with Crippen molar-refractivity contribution in [2.45, 2.75) is 32.6 Å². The maximum Gasteiger partial charge on any atom is 0.337 e. The van der Waals surface area contributed by atoms with Gasteiger partial charge in [0, 0.05) is 23.5 Å². The predicted octanol–water partition coefficient (Wildman–Crippen LogP) is 3.93. The van der Waals surface area contributed by atoms with Crippen LogP contribution in [0.15, 0.2) is 30.5 Å². The molecule has 0 aliphatic heterocycles. The van der Waals surface area contributed by atoms with Gasteiger partial charge in [-0.1, -0.05) is 44.0 Å². The fourth-order valence-electron chi connectivity index (χ4n) is 3.21. The van der Waals surface area contributed by atoms with Crippen LogP contribution in [0.25, 0.3) is 10.8 Å². The molecule has 1 aromatic heterocycles. The molecule has 21 heavy (non-hydrogen) atoms. The van der Waals surface area contributed by atoms with Crippen LogP contribution in [0.5, 0.6) is 0 Å². The minimum absolute atomic E-state index is 0.253. The Morgan fingerprint density at radius 1 is 1.29 bits per heavy atom. The van der Waals surface area contributed by atoms with Gasteiger partial charge in [-0.15, -0.1) is 0 Å². The van der Waals surface area contributed by atoms with Gasteiger partial charge in [-0.05, 0) is 18.3 Å². The molecule has 1 aliphatic rings. The lowest BCUT2D eigenvalue weighted by atomic mass is 9.89. The van der Waals surface area contributed by atoms with Crippen LogP contribution in [0.1, 0.15) is 43.0 Å². The van der Waals surface area contributed by atoms with Gasteiger partial charge < -0.3 is 10.4 Å². The fraction of sp³-hybridized carbons (Fsp3) is 0.412. The average molecular weight is 284 g/mol. The van der Waals surface area contributed by atoms with Crippen LogP contribution in [0.3, 0.4) is 0 Å². The Labute approximate surface area is 124 Å².